The summed E-state index contributed by atoms with van der Waals surface area (Å²) in [5.74, 6) is -1.66. The molecule has 0 aliphatic carbocycles. The van der Waals surface area contributed by atoms with Crippen molar-refractivity contribution in [3.05, 3.63) is 47.5 Å². The van der Waals surface area contributed by atoms with E-state index in [2.05, 4.69) is 14.7 Å². The zero-order valence-electron chi connectivity index (χ0n) is 10.1. The van der Waals surface area contributed by atoms with Gasteiger partial charge in [-0.2, -0.15) is 0 Å². The van der Waals surface area contributed by atoms with Crippen LogP contribution in [0, 0.1) is 0 Å². The maximum absolute atomic E-state index is 12.1. The highest BCUT2D eigenvalue weighted by Gasteiger charge is 2.31. The highest BCUT2D eigenvalue weighted by atomic mass is 35.5. The molecule has 5 nitrogen and oxygen atoms in total. The monoisotopic (exact) mass is 318 g/mol. The minimum absolute atomic E-state index is 0.0525. The fraction of sp³-hybridized carbons (Fsp3) is 0.0833. The Balaban J connectivity index is 2.19. The number of hydrogen-bond donors (Lipinski definition) is 0. The number of ether oxygens (including phenoxy) is 2. The Hall–Kier alpha value is -2.35. The molecule has 2 aromatic rings. The molecule has 0 aliphatic rings. The number of aromatic nitrogens is 2. The Kier molecular flexibility index (Phi) is 4.27. The van der Waals surface area contributed by atoms with Gasteiger partial charge in [0.2, 0.25) is 0 Å². The lowest BCUT2D eigenvalue weighted by Gasteiger charge is -2.10. The third kappa shape index (κ3) is 4.60. The van der Waals surface area contributed by atoms with Gasteiger partial charge < -0.3 is 9.47 Å². The van der Waals surface area contributed by atoms with Crippen molar-refractivity contribution in [3.8, 4) is 11.5 Å². The van der Waals surface area contributed by atoms with E-state index in [1.165, 1.54) is 18.3 Å². The number of nitrogens with zero attached hydrogens (tertiary/aromatic N) is 2. The van der Waals surface area contributed by atoms with Crippen molar-refractivity contribution in [1.82, 2.24) is 9.97 Å². The van der Waals surface area contributed by atoms with Crippen LogP contribution in [0.2, 0.25) is 5.02 Å². The first-order valence-corrected chi connectivity index (χ1v) is 5.76. The second kappa shape index (κ2) is 5.96. The summed E-state index contributed by atoms with van der Waals surface area (Å²) in [6.45, 7) is 0. The molecule has 0 unspecified atom stereocenters. The molecule has 0 amide bonds. The Morgan fingerprint density at radius 2 is 1.90 bits per heavy atom. The molecular formula is C12H6ClF3N2O3. The van der Waals surface area contributed by atoms with Crippen molar-refractivity contribution in [3.63, 3.8) is 0 Å². The summed E-state index contributed by atoms with van der Waals surface area (Å²) in [5.41, 5.74) is -0.0525. The van der Waals surface area contributed by atoms with Gasteiger partial charge in [0, 0.05) is 17.3 Å². The molecule has 0 fully saturated rings. The van der Waals surface area contributed by atoms with Gasteiger partial charge in [0.1, 0.15) is 17.8 Å². The van der Waals surface area contributed by atoms with Crippen LogP contribution in [0.1, 0.15) is 10.5 Å². The summed E-state index contributed by atoms with van der Waals surface area (Å²) >= 11 is 5.64. The van der Waals surface area contributed by atoms with E-state index in [9.17, 15) is 18.0 Å². The SMILES string of the molecule is O=C(Oc1cc(Cl)cc(OC(F)(F)F)c1)c1ccncn1. The van der Waals surface area contributed by atoms with E-state index in [4.69, 9.17) is 16.3 Å². The van der Waals surface area contributed by atoms with Gasteiger partial charge in [0.25, 0.3) is 0 Å². The number of halogens is 4. The molecule has 21 heavy (non-hydrogen) atoms. The van der Waals surface area contributed by atoms with Gasteiger partial charge in [-0.15, -0.1) is 13.2 Å². The van der Waals surface area contributed by atoms with E-state index in [0.717, 1.165) is 18.5 Å². The summed E-state index contributed by atoms with van der Waals surface area (Å²) in [7, 11) is 0. The lowest BCUT2D eigenvalue weighted by atomic mass is 10.3. The standard InChI is InChI=1S/C12H6ClF3N2O3/c13-7-3-8(5-9(4-7)21-12(14,15)16)20-11(19)10-1-2-17-6-18-10/h1-6H. The summed E-state index contributed by atoms with van der Waals surface area (Å²) in [4.78, 5) is 19.0. The van der Waals surface area contributed by atoms with E-state index in [-0.39, 0.29) is 16.5 Å². The molecule has 0 aliphatic heterocycles. The molecule has 110 valence electrons. The minimum atomic E-state index is -4.88. The summed E-state index contributed by atoms with van der Waals surface area (Å²) in [5, 5.41) is -0.0813. The maximum Gasteiger partial charge on any atom is 0.573 e. The fourth-order valence-electron chi connectivity index (χ4n) is 1.36. The maximum atomic E-state index is 12.1. The Labute approximate surface area is 121 Å². The van der Waals surface area contributed by atoms with Gasteiger partial charge in [0.15, 0.2) is 5.69 Å². The largest absolute Gasteiger partial charge is 0.573 e. The van der Waals surface area contributed by atoms with Crippen molar-refractivity contribution in [1.29, 1.82) is 0 Å². The predicted octanol–water partition coefficient (Wildman–Crippen LogP) is 3.25. The summed E-state index contributed by atoms with van der Waals surface area (Å²) < 4.78 is 45.0. The van der Waals surface area contributed by atoms with Crippen LogP contribution < -0.4 is 9.47 Å². The molecule has 1 aromatic heterocycles. The molecule has 2 rings (SSSR count). The first-order chi connectivity index (χ1) is 9.83. The summed E-state index contributed by atoms with van der Waals surface area (Å²) in [6, 6.07) is 4.29. The third-order valence-corrected chi connectivity index (χ3v) is 2.30. The number of hydrogen-bond acceptors (Lipinski definition) is 5. The lowest BCUT2D eigenvalue weighted by molar-refractivity contribution is -0.274. The van der Waals surface area contributed by atoms with E-state index >= 15 is 0 Å². The molecule has 0 atom stereocenters. The fourth-order valence-corrected chi connectivity index (χ4v) is 1.57. The average Bonchev–Trinajstić information content (AvgIpc) is 2.36. The first kappa shape index (κ1) is 15.0. The highest BCUT2D eigenvalue weighted by molar-refractivity contribution is 6.30. The van der Waals surface area contributed by atoms with Crippen LogP contribution in [0.4, 0.5) is 13.2 Å². The smallest absolute Gasteiger partial charge is 0.422 e. The predicted molar refractivity (Wildman–Crippen MR) is 65.1 cm³/mol. The van der Waals surface area contributed by atoms with Crippen LogP contribution in [-0.2, 0) is 0 Å². The number of esters is 1. The van der Waals surface area contributed by atoms with Crippen LogP contribution in [-0.4, -0.2) is 22.3 Å². The van der Waals surface area contributed by atoms with Crippen molar-refractivity contribution >= 4 is 17.6 Å². The van der Waals surface area contributed by atoms with E-state index in [1.807, 2.05) is 0 Å². The van der Waals surface area contributed by atoms with Crippen LogP contribution in [0.5, 0.6) is 11.5 Å². The molecule has 0 saturated carbocycles. The zero-order chi connectivity index (χ0) is 15.5. The number of rotatable bonds is 3. The third-order valence-electron chi connectivity index (χ3n) is 2.08. The molecule has 0 saturated heterocycles. The lowest BCUT2D eigenvalue weighted by Crippen LogP contribution is -2.17. The Morgan fingerprint density at radius 1 is 1.19 bits per heavy atom. The van der Waals surface area contributed by atoms with Gasteiger partial charge in [0.05, 0.1) is 0 Å². The number of benzene rings is 1. The van der Waals surface area contributed by atoms with Gasteiger partial charge in [-0.3, -0.25) is 0 Å². The van der Waals surface area contributed by atoms with E-state index < -0.39 is 18.1 Å². The molecule has 0 N–H and O–H groups in total. The number of carbonyl (C=O) groups is 1. The Morgan fingerprint density at radius 3 is 2.52 bits per heavy atom. The Bertz CT molecular complexity index is 650. The quantitative estimate of drug-likeness (QED) is 0.642. The normalized spacial score (nSPS) is 11.0. The molecule has 0 spiro atoms. The summed E-state index contributed by atoms with van der Waals surface area (Å²) in [6.07, 6.45) is -2.43. The van der Waals surface area contributed by atoms with Gasteiger partial charge in [-0.25, -0.2) is 14.8 Å². The number of alkyl halides is 3. The molecule has 0 bridgehead atoms. The van der Waals surface area contributed by atoms with E-state index in [0.29, 0.717) is 0 Å². The highest BCUT2D eigenvalue weighted by Crippen LogP contribution is 2.30. The molecule has 9 heteroatoms. The minimum Gasteiger partial charge on any atom is -0.422 e. The molecule has 0 radical (unpaired) electrons. The van der Waals surface area contributed by atoms with Crippen molar-refractivity contribution in [2.24, 2.45) is 0 Å². The number of carbonyl (C=O) groups excluding carboxylic acids is 1. The topological polar surface area (TPSA) is 61.3 Å². The van der Waals surface area contributed by atoms with Crippen LogP contribution in [0.15, 0.2) is 36.8 Å². The van der Waals surface area contributed by atoms with Gasteiger partial charge in [-0.1, -0.05) is 11.6 Å². The van der Waals surface area contributed by atoms with Crippen molar-refractivity contribution in [2.45, 2.75) is 6.36 Å². The molecule has 1 heterocycles. The van der Waals surface area contributed by atoms with Crippen LogP contribution in [0.25, 0.3) is 0 Å². The first-order valence-electron chi connectivity index (χ1n) is 5.38. The molecule has 1 aromatic carbocycles. The van der Waals surface area contributed by atoms with Crippen LogP contribution >= 0.6 is 11.6 Å². The van der Waals surface area contributed by atoms with Gasteiger partial charge >= 0.3 is 12.3 Å². The zero-order valence-corrected chi connectivity index (χ0v) is 10.9. The van der Waals surface area contributed by atoms with Crippen molar-refractivity contribution in [2.75, 3.05) is 0 Å². The second-order valence-electron chi connectivity index (χ2n) is 3.65. The van der Waals surface area contributed by atoms with E-state index in [1.54, 1.807) is 0 Å². The van der Waals surface area contributed by atoms with Gasteiger partial charge in [-0.05, 0) is 18.2 Å². The van der Waals surface area contributed by atoms with Crippen LogP contribution in [0.3, 0.4) is 0 Å². The van der Waals surface area contributed by atoms with Crippen molar-refractivity contribution < 1.29 is 27.4 Å². The molecular weight excluding hydrogens is 313 g/mol. The second-order valence-corrected chi connectivity index (χ2v) is 4.09. The average molecular weight is 319 g/mol.